The van der Waals surface area contributed by atoms with Gasteiger partial charge in [0, 0.05) is 33.8 Å². The van der Waals surface area contributed by atoms with Crippen molar-refractivity contribution in [2.45, 2.75) is 11.5 Å². The van der Waals surface area contributed by atoms with Gasteiger partial charge < -0.3 is 14.1 Å². The maximum absolute atomic E-state index is 7.12. The average Bonchev–Trinajstić information content (AvgIpc) is 3.88. The van der Waals surface area contributed by atoms with Crippen LogP contribution in [0.3, 0.4) is 0 Å². The summed E-state index contributed by atoms with van der Waals surface area (Å²) in [7, 11) is 0. The summed E-state index contributed by atoms with van der Waals surface area (Å²) in [5.74, 6) is 0.920. The first-order valence-corrected chi connectivity index (χ1v) is 18.0. The lowest BCUT2D eigenvalue weighted by atomic mass is 9.60. The molecule has 7 aromatic carbocycles. The van der Waals surface area contributed by atoms with E-state index in [2.05, 4.69) is 181 Å². The molecule has 2 unspecified atom stereocenters. The van der Waals surface area contributed by atoms with Gasteiger partial charge in [-0.05, 0) is 76.3 Å². The zero-order valence-corrected chi connectivity index (χ0v) is 28.3. The minimum Gasteiger partial charge on any atom is -0.484 e. The number of anilines is 3. The Hall–Kier alpha value is -6.58. The van der Waals surface area contributed by atoms with Crippen molar-refractivity contribution in [3.05, 3.63) is 210 Å². The molecule has 8 aromatic rings. The molecule has 11 rings (SSSR count). The molecule has 1 aliphatic heterocycles. The molecule has 0 radical (unpaired) electrons. The molecule has 0 saturated carbocycles. The van der Waals surface area contributed by atoms with E-state index < -0.39 is 5.41 Å². The molecule has 0 spiro atoms. The highest BCUT2D eigenvalue weighted by atomic mass is 16.5. The number of fused-ring (bicyclic) bond motifs is 9. The number of furan rings is 1. The fourth-order valence-electron chi connectivity index (χ4n) is 9.32. The molecule has 1 aromatic heterocycles. The number of allylic oxidation sites excluding steroid dienone is 2. The van der Waals surface area contributed by atoms with E-state index in [-0.39, 0.29) is 12.0 Å². The van der Waals surface area contributed by atoms with Crippen molar-refractivity contribution in [1.82, 2.24) is 0 Å². The Kier molecular flexibility index (Phi) is 6.29. The van der Waals surface area contributed by atoms with E-state index in [1.807, 2.05) is 12.1 Å². The number of hydrogen-bond acceptors (Lipinski definition) is 3. The largest absolute Gasteiger partial charge is 0.484 e. The Bertz CT molecular complexity index is 2690. The number of nitrogens with zero attached hydrogens (tertiary/aromatic N) is 1. The summed E-state index contributed by atoms with van der Waals surface area (Å²) in [6.45, 7) is 0. The maximum atomic E-state index is 7.12. The van der Waals surface area contributed by atoms with Gasteiger partial charge in [0.15, 0.2) is 0 Å². The van der Waals surface area contributed by atoms with Crippen molar-refractivity contribution >= 4 is 44.6 Å². The predicted octanol–water partition coefficient (Wildman–Crippen LogP) is 12.4. The van der Waals surface area contributed by atoms with Crippen LogP contribution in [-0.2, 0) is 5.41 Å². The Balaban J connectivity index is 1.08. The average molecular weight is 668 g/mol. The number of rotatable bonds is 5. The van der Waals surface area contributed by atoms with Gasteiger partial charge >= 0.3 is 0 Å². The highest BCUT2D eigenvalue weighted by Crippen LogP contribution is 2.60. The molecule has 2 heterocycles. The van der Waals surface area contributed by atoms with Crippen molar-refractivity contribution in [3.63, 3.8) is 0 Å². The van der Waals surface area contributed by atoms with Crippen LogP contribution in [0.4, 0.5) is 17.1 Å². The molecule has 0 fully saturated rings. The normalized spacial score (nSPS) is 17.6. The van der Waals surface area contributed by atoms with E-state index in [4.69, 9.17) is 9.15 Å². The fourth-order valence-corrected chi connectivity index (χ4v) is 9.32. The molecule has 0 saturated heterocycles. The summed E-state index contributed by atoms with van der Waals surface area (Å²) >= 11 is 0. The molecular formula is C49H33NO2. The highest BCUT2D eigenvalue weighted by molar-refractivity contribution is 6.13. The lowest BCUT2D eigenvalue weighted by molar-refractivity contribution is 0.193. The fraction of sp³-hybridized carbons (Fsp3) is 0.0612. The van der Waals surface area contributed by atoms with E-state index in [0.717, 1.165) is 50.3 Å². The minimum atomic E-state index is -0.436. The van der Waals surface area contributed by atoms with E-state index in [1.54, 1.807) is 0 Å². The van der Waals surface area contributed by atoms with E-state index >= 15 is 0 Å². The second-order valence-corrected chi connectivity index (χ2v) is 13.9. The number of benzene rings is 7. The molecule has 3 heteroatoms. The van der Waals surface area contributed by atoms with Crippen molar-refractivity contribution in [2.75, 3.05) is 4.90 Å². The van der Waals surface area contributed by atoms with Gasteiger partial charge in [0.05, 0.1) is 16.5 Å². The summed E-state index contributed by atoms with van der Waals surface area (Å²) in [5, 5.41) is 2.20. The minimum absolute atomic E-state index is 0.00631. The third-order valence-electron chi connectivity index (χ3n) is 11.4. The van der Waals surface area contributed by atoms with Gasteiger partial charge in [0.1, 0.15) is 23.0 Å². The number of para-hydroxylation sites is 2. The second kappa shape index (κ2) is 11.2. The third kappa shape index (κ3) is 4.02. The van der Waals surface area contributed by atoms with Crippen LogP contribution in [0.15, 0.2) is 193 Å². The van der Waals surface area contributed by atoms with Crippen molar-refractivity contribution in [3.8, 4) is 16.9 Å². The van der Waals surface area contributed by atoms with Crippen LogP contribution in [0.25, 0.3) is 38.6 Å². The second-order valence-electron chi connectivity index (χ2n) is 13.9. The van der Waals surface area contributed by atoms with Gasteiger partial charge in [-0.3, -0.25) is 0 Å². The molecule has 2 aliphatic carbocycles. The lowest BCUT2D eigenvalue weighted by Crippen LogP contribution is -2.43. The Labute approximate surface area is 302 Å². The molecule has 246 valence electrons. The summed E-state index contributed by atoms with van der Waals surface area (Å²) in [4.78, 5) is 2.35. The molecule has 0 amide bonds. The van der Waals surface area contributed by atoms with Crippen LogP contribution in [-0.4, -0.2) is 6.10 Å². The first kappa shape index (κ1) is 29.2. The summed E-state index contributed by atoms with van der Waals surface area (Å²) in [5.41, 5.74) is 13.4. The zero-order valence-electron chi connectivity index (χ0n) is 28.3. The van der Waals surface area contributed by atoms with Gasteiger partial charge in [-0.1, -0.05) is 140 Å². The van der Waals surface area contributed by atoms with Gasteiger partial charge in [-0.25, -0.2) is 0 Å². The molecule has 0 N–H and O–H groups in total. The SMILES string of the molecule is C1=CC(C2(c3ccccc3)c3ccccc3-c3ccccc32)C2Oc3ccc(N(c4ccccc4)c4cccc5oc6ccccc6c45)cc3C2=C1. The van der Waals surface area contributed by atoms with Gasteiger partial charge in [-0.2, -0.15) is 0 Å². The quantitative estimate of drug-likeness (QED) is 0.183. The molecule has 52 heavy (non-hydrogen) atoms. The summed E-state index contributed by atoms with van der Waals surface area (Å²) in [6, 6.07) is 60.9. The van der Waals surface area contributed by atoms with Crippen molar-refractivity contribution < 1.29 is 9.15 Å². The molecule has 2 atom stereocenters. The Morgan fingerprint density at radius 2 is 1.21 bits per heavy atom. The highest BCUT2D eigenvalue weighted by Gasteiger charge is 2.54. The van der Waals surface area contributed by atoms with E-state index in [0.29, 0.717) is 0 Å². The molecule has 3 aliphatic rings. The first-order chi connectivity index (χ1) is 25.8. The monoisotopic (exact) mass is 667 g/mol. The van der Waals surface area contributed by atoms with Crippen LogP contribution in [0, 0.1) is 5.92 Å². The molecule has 3 nitrogen and oxygen atoms in total. The predicted molar refractivity (Wildman–Crippen MR) is 212 cm³/mol. The summed E-state index contributed by atoms with van der Waals surface area (Å²) in [6.07, 6.45) is 6.72. The number of ether oxygens (including phenoxy) is 1. The topological polar surface area (TPSA) is 25.6 Å². The van der Waals surface area contributed by atoms with Gasteiger partial charge in [0.2, 0.25) is 0 Å². The van der Waals surface area contributed by atoms with Crippen molar-refractivity contribution in [2.24, 2.45) is 5.92 Å². The van der Waals surface area contributed by atoms with Crippen LogP contribution < -0.4 is 9.64 Å². The Morgan fingerprint density at radius 1 is 0.538 bits per heavy atom. The van der Waals surface area contributed by atoms with Crippen LogP contribution in [0.1, 0.15) is 22.3 Å². The smallest absolute Gasteiger partial charge is 0.137 e. The van der Waals surface area contributed by atoms with Crippen molar-refractivity contribution in [1.29, 1.82) is 0 Å². The van der Waals surface area contributed by atoms with Crippen LogP contribution >= 0.6 is 0 Å². The van der Waals surface area contributed by atoms with Crippen LogP contribution in [0.5, 0.6) is 5.75 Å². The zero-order chi connectivity index (χ0) is 34.2. The Morgan fingerprint density at radius 3 is 2.00 bits per heavy atom. The number of hydrogen-bond donors (Lipinski definition) is 0. The summed E-state index contributed by atoms with van der Waals surface area (Å²) < 4.78 is 13.5. The van der Waals surface area contributed by atoms with Gasteiger partial charge in [-0.15, -0.1) is 0 Å². The molecular weight excluding hydrogens is 635 g/mol. The van der Waals surface area contributed by atoms with Gasteiger partial charge in [0.25, 0.3) is 0 Å². The lowest BCUT2D eigenvalue weighted by Gasteiger charge is -2.42. The maximum Gasteiger partial charge on any atom is 0.137 e. The van der Waals surface area contributed by atoms with Crippen LogP contribution in [0.2, 0.25) is 0 Å². The van der Waals surface area contributed by atoms with E-state index in [1.165, 1.54) is 33.4 Å². The third-order valence-corrected chi connectivity index (χ3v) is 11.4. The van der Waals surface area contributed by atoms with E-state index in [9.17, 15) is 0 Å². The standard InChI is InChI=1S/C49H33NO2/c1-3-15-32(16-4-1)49(40-23-10-7-19-35(40)36-20-8-11-24-41(36)49)42-25-13-22-37-39-31-34(29-30-45(39)52-48(37)42)50(33-17-5-2-6-18-33)43-26-14-28-46-47(43)38-21-9-12-27-44(38)51-46/h1-31,42,48H. The molecule has 0 bridgehead atoms. The first-order valence-electron chi connectivity index (χ1n) is 18.0.